The van der Waals surface area contributed by atoms with Crippen molar-refractivity contribution in [2.75, 3.05) is 57.8 Å². The molecular formula is C14H25N5O. The lowest BCUT2D eigenvalue weighted by Gasteiger charge is -2.29. The monoisotopic (exact) mass is 279 g/mol. The lowest BCUT2D eigenvalue weighted by Crippen LogP contribution is -2.46. The lowest BCUT2D eigenvalue weighted by molar-refractivity contribution is 0.246. The van der Waals surface area contributed by atoms with Crippen LogP contribution < -0.4 is 15.0 Å². The molecule has 6 nitrogen and oxygen atoms in total. The molecule has 1 N–H and O–H groups in total. The minimum atomic E-state index is 0.625. The fourth-order valence-corrected chi connectivity index (χ4v) is 2.28. The van der Waals surface area contributed by atoms with Crippen LogP contribution in [0.1, 0.15) is 12.7 Å². The molecule has 112 valence electrons. The maximum atomic E-state index is 5.48. The van der Waals surface area contributed by atoms with Crippen LogP contribution in [0.4, 0.5) is 5.82 Å². The number of aryl methyl sites for hydroxylation is 1. The minimum absolute atomic E-state index is 0.625. The van der Waals surface area contributed by atoms with Gasteiger partial charge < -0.3 is 15.0 Å². The van der Waals surface area contributed by atoms with E-state index in [1.54, 1.807) is 0 Å². The van der Waals surface area contributed by atoms with Crippen molar-refractivity contribution in [3.8, 4) is 5.88 Å². The summed E-state index contributed by atoms with van der Waals surface area (Å²) in [7, 11) is 2.07. The smallest absolute Gasteiger partial charge is 0.218 e. The molecule has 6 heteroatoms. The molecule has 20 heavy (non-hydrogen) atoms. The molecule has 0 atom stereocenters. The predicted octanol–water partition coefficient (Wildman–Crippen LogP) is 0.525. The molecular weight excluding hydrogens is 254 g/mol. The first-order valence-electron chi connectivity index (χ1n) is 7.31. The Kier molecular flexibility index (Phi) is 5.55. The minimum Gasteiger partial charge on any atom is -0.478 e. The normalized spacial score (nSPS) is 16.1. The number of piperazine rings is 1. The van der Waals surface area contributed by atoms with Crippen molar-refractivity contribution in [3.05, 3.63) is 11.9 Å². The molecule has 0 aromatic carbocycles. The fraction of sp³-hybridized carbons (Fsp3) is 0.714. The van der Waals surface area contributed by atoms with E-state index in [1.807, 2.05) is 19.9 Å². The van der Waals surface area contributed by atoms with Crippen LogP contribution in [0, 0.1) is 6.92 Å². The van der Waals surface area contributed by atoms with Crippen LogP contribution in [0.2, 0.25) is 0 Å². The number of aromatic nitrogens is 2. The average molecular weight is 279 g/mol. The highest BCUT2D eigenvalue weighted by molar-refractivity contribution is 5.40. The summed E-state index contributed by atoms with van der Waals surface area (Å²) < 4.78 is 5.48. The van der Waals surface area contributed by atoms with Gasteiger partial charge in [0, 0.05) is 52.4 Å². The van der Waals surface area contributed by atoms with Crippen molar-refractivity contribution in [2.45, 2.75) is 13.8 Å². The molecule has 0 amide bonds. The third kappa shape index (κ3) is 4.31. The summed E-state index contributed by atoms with van der Waals surface area (Å²) in [5.74, 6) is 2.33. The Morgan fingerprint density at radius 1 is 1.35 bits per heavy atom. The van der Waals surface area contributed by atoms with Gasteiger partial charge in [-0.05, 0) is 13.8 Å². The van der Waals surface area contributed by atoms with Crippen molar-refractivity contribution in [1.29, 1.82) is 0 Å². The summed E-state index contributed by atoms with van der Waals surface area (Å²) in [4.78, 5) is 13.4. The van der Waals surface area contributed by atoms with E-state index in [1.165, 1.54) is 0 Å². The molecule has 0 spiro atoms. The molecule has 2 heterocycles. The first kappa shape index (κ1) is 15.0. The maximum Gasteiger partial charge on any atom is 0.218 e. The van der Waals surface area contributed by atoms with Crippen LogP contribution in [-0.4, -0.2) is 67.8 Å². The zero-order valence-electron chi connectivity index (χ0n) is 12.7. The van der Waals surface area contributed by atoms with Crippen LogP contribution in [0.15, 0.2) is 6.07 Å². The predicted molar refractivity (Wildman–Crippen MR) is 80.5 cm³/mol. The highest BCUT2D eigenvalue weighted by Gasteiger charge is 2.12. The van der Waals surface area contributed by atoms with Crippen molar-refractivity contribution in [3.63, 3.8) is 0 Å². The maximum absolute atomic E-state index is 5.48. The third-order valence-corrected chi connectivity index (χ3v) is 3.45. The number of ether oxygens (including phenoxy) is 1. The van der Waals surface area contributed by atoms with Gasteiger partial charge in [0.2, 0.25) is 5.88 Å². The van der Waals surface area contributed by atoms with Crippen molar-refractivity contribution < 1.29 is 4.74 Å². The number of likely N-dealkylation sites (N-methyl/N-ethyl adjacent to an activating group) is 1. The van der Waals surface area contributed by atoms with Gasteiger partial charge in [-0.1, -0.05) is 0 Å². The SMILES string of the molecule is CCOc1cc(N(C)CCN2CCNCC2)nc(C)n1. The quantitative estimate of drug-likeness (QED) is 0.819. The Hall–Kier alpha value is -1.40. The highest BCUT2D eigenvalue weighted by atomic mass is 16.5. The zero-order valence-corrected chi connectivity index (χ0v) is 12.7. The molecule has 0 unspecified atom stereocenters. The van der Waals surface area contributed by atoms with Crippen LogP contribution in [-0.2, 0) is 0 Å². The molecule has 0 aliphatic carbocycles. The van der Waals surface area contributed by atoms with Crippen molar-refractivity contribution >= 4 is 5.82 Å². The van der Waals surface area contributed by atoms with Gasteiger partial charge in [0.15, 0.2) is 0 Å². The third-order valence-electron chi connectivity index (χ3n) is 3.45. The topological polar surface area (TPSA) is 53.5 Å². The highest BCUT2D eigenvalue weighted by Crippen LogP contribution is 2.16. The first-order chi connectivity index (χ1) is 9.69. The second kappa shape index (κ2) is 7.40. The number of nitrogens with one attached hydrogen (secondary N) is 1. The number of anilines is 1. The molecule has 0 radical (unpaired) electrons. The summed E-state index contributed by atoms with van der Waals surface area (Å²) in [6.07, 6.45) is 0. The van der Waals surface area contributed by atoms with Crippen LogP contribution in [0.3, 0.4) is 0 Å². The first-order valence-corrected chi connectivity index (χ1v) is 7.31. The second-order valence-corrected chi connectivity index (χ2v) is 5.06. The van der Waals surface area contributed by atoms with E-state index in [0.717, 1.165) is 50.9 Å². The van der Waals surface area contributed by atoms with Crippen LogP contribution >= 0.6 is 0 Å². The summed E-state index contributed by atoms with van der Waals surface area (Å²) in [6, 6.07) is 1.91. The van der Waals surface area contributed by atoms with Gasteiger partial charge >= 0.3 is 0 Å². The Balaban J connectivity index is 1.92. The molecule has 0 saturated carbocycles. The summed E-state index contributed by atoms with van der Waals surface area (Å²) in [6.45, 7) is 10.9. The average Bonchev–Trinajstić information content (AvgIpc) is 2.45. The van der Waals surface area contributed by atoms with E-state index in [-0.39, 0.29) is 0 Å². The number of nitrogens with zero attached hydrogens (tertiary/aromatic N) is 4. The zero-order chi connectivity index (χ0) is 14.4. The van der Waals surface area contributed by atoms with E-state index in [9.17, 15) is 0 Å². The van der Waals surface area contributed by atoms with E-state index in [4.69, 9.17) is 4.74 Å². The summed E-state index contributed by atoms with van der Waals surface area (Å²) in [5.41, 5.74) is 0. The van der Waals surface area contributed by atoms with Gasteiger partial charge in [-0.25, -0.2) is 4.98 Å². The molecule has 1 saturated heterocycles. The number of rotatable bonds is 6. The fourth-order valence-electron chi connectivity index (χ4n) is 2.28. The van der Waals surface area contributed by atoms with E-state index in [0.29, 0.717) is 12.5 Å². The van der Waals surface area contributed by atoms with Gasteiger partial charge in [0.05, 0.1) is 6.61 Å². The van der Waals surface area contributed by atoms with Crippen LogP contribution in [0.5, 0.6) is 5.88 Å². The molecule has 0 bridgehead atoms. The van der Waals surface area contributed by atoms with Crippen molar-refractivity contribution in [1.82, 2.24) is 20.2 Å². The molecule has 1 fully saturated rings. The van der Waals surface area contributed by atoms with Crippen LogP contribution in [0.25, 0.3) is 0 Å². The Morgan fingerprint density at radius 2 is 2.10 bits per heavy atom. The molecule has 1 aliphatic rings. The summed E-state index contributed by atoms with van der Waals surface area (Å²) >= 11 is 0. The van der Waals surface area contributed by atoms with Gasteiger partial charge in [-0.3, -0.25) is 4.90 Å². The summed E-state index contributed by atoms with van der Waals surface area (Å²) in [5, 5.41) is 3.37. The Labute approximate surface area is 121 Å². The second-order valence-electron chi connectivity index (χ2n) is 5.06. The Morgan fingerprint density at radius 3 is 2.80 bits per heavy atom. The van der Waals surface area contributed by atoms with Gasteiger partial charge in [-0.15, -0.1) is 0 Å². The number of hydrogen-bond acceptors (Lipinski definition) is 6. The van der Waals surface area contributed by atoms with E-state index >= 15 is 0 Å². The Bertz CT molecular complexity index is 420. The molecule has 1 aliphatic heterocycles. The molecule has 1 aromatic rings. The van der Waals surface area contributed by atoms with E-state index < -0.39 is 0 Å². The standard InChI is InChI=1S/C14H25N5O/c1-4-20-14-11-13(16-12(2)17-14)18(3)9-10-19-7-5-15-6-8-19/h11,15H,4-10H2,1-3H3. The van der Waals surface area contributed by atoms with Gasteiger partial charge in [-0.2, -0.15) is 4.98 Å². The molecule has 1 aromatic heterocycles. The van der Waals surface area contributed by atoms with Gasteiger partial charge in [0.1, 0.15) is 11.6 Å². The molecule has 2 rings (SSSR count). The number of hydrogen-bond donors (Lipinski definition) is 1. The van der Waals surface area contributed by atoms with E-state index in [2.05, 4.69) is 32.1 Å². The van der Waals surface area contributed by atoms with Gasteiger partial charge in [0.25, 0.3) is 0 Å². The lowest BCUT2D eigenvalue weighted by atomic mass is 10.3. The largest absolute Gasteiger partial charge is 0.478 e. The van der Waals surface area contributed by atoms with Crippen molar-refractivity contribution in [2.24, 2.45) is 0 Å².